The van der Waals surface area contributed by atoms with Gasteiger partial charge in [-0.15, -0.1) is 213 Å². The Kier molecular flexibility index (Phi) is 41.4. The molecular weight excluding hydrogens is 2430 g/mol. The minimum absolute atomic E-state index is 0. The Morgan fingerprint density at radius 2 is 0.548 bits per heavy atom. The number of pyridine rings is 6. The minimum atomic E-state index is 0. The Bertz CT molecular complexity index is 6000. The standard InChI is InChI=1S/C23H24N.2C21H20N.C20H18N.C19H16N.C11H8N.5Ir/c1-16(2)20-13-21(17(3)4)15-22(14-20)18-8-7-9-19(12-18)23-10-5-6-11-24-23;1-21(2,3)19-12-13-22-20(15-19)18-11-7-10-17(14-18)16-8-5-4-6-9-16;1-21(2,3)19-12-13-20(22-15-19)18-11-7-10-17(14-18)16-8-5-4-6-9-16;1-15(2)19-11-12-20(21-14-19)18-10-6-9-17(13-18)16-7-4-3-5-8-16;1-14-11-19(20-13-15(14)2)18-10-6-9-17(12-18)16-7-4-3-5-8-16;1-2-6-10(7-3-1)11-8-4-5-9-12-11;;;;;/h5-8,10-17H,1-4H3;2*4-10,12-15H,1-3H3;3-9,11-15H,1-2H3;3-9,11-13H,1-2H3;1-6,8-9H;;;;;/q6*-1;;;;;. The van der Waals surface area contributed by atoms with Crippen molar-refractivity contribution in [3.8, 4) is 123 Å². The van der Waals surface area contributed by atoms with E-state index in [2.05, 4.69) is 382 Å². The first kappa shape index (κ1) is 103. The summed E-state index contributed by atoms with van der Waals surface area (Å²) < 4.78 is 0. The Balaban J connectivity index is 0.000000207. The molecule has 0 saturated heterocycles. The molecule has 11 aromatic carbocycles. The number of aromatic nitrogens is 6. The number of hydrogen-bond donors (Lipinski definition) is 0. The average molecular weight is 2530 g/mol. The van der Waals surface area contributed by atoms with Crippen LogP contribution >= 0.6 is 0 Å². The summed E-state index contributed by atoms with van der Waals surface area (Å²) in [5, 5.41) is 0. The summed E-state index contributed by atoms with van der Waals surface area (Å²) >= 11 is 0. The van der Waals surface area contributed by atoms with Gasteiger partial charge in [0, 0.05) is 138 Å². The Labute approximate surface area is 817 Å². The fourth-order valence-electron chi connectivity index (χ4n) is 13.3. The molecule has 647 valence electrons. The summed E-state index contributed by atoms with van der Waals surface area (Å²) in [6.45, 7) is 30.8. The molecule has 0 aliphatic carbocycles. The zero-order valence-electron chi connectivity index (χ0n) is 73.8. The molecule has 0 aliphatic heterocycles. The molecule has 6 aromatic heterocycles. The molecule has 11 heteroatoms. The summed E-state index contributed by atoms with van der Waals surface area (Å²) in [6, 6.07) is 134. The van der Waals surface area contributed by atoms with Crippen LogP contribution in [0.5, 0.6) is 0 Å². The number of nitrogens with zero attached hydrogens (tertiary/aromatic N) is 6. The van der Waals surface area contributed by atoms with E-state index in [0.29, 0.717) is 17.8 Å². The predicted molar refractivity (Wildman–Crippen MR) is 507 cm³/mol. The second-order valence-corrected chi connectivity index (χ2v) is 33.0. The monoisotopic (exact) mass is 2540 g/mol. The number of hydrogen-bond acceptors (Lipinski definition) is 6. The first-order chi connectivity index (χ1) is 58.6. The van der Waals surface area contributed by atoms with Crippen LogP contribution in [0.15, 0.2) is 371 Å². The fourth-order valence-corrected chi connectivity index (χ4v) is 13.3. The Morgan fingerprint density at radius 3 is 0.889 bits per heavy atom. The normalized spacial score (nSPS) is 10.5. The van der Waals surface area contributed by atoms with Gasteiger partial charge in [0.05, 0.1) is 0 Å². The van der Waals surface area contributed by atoms with E-state index < -0.39 is 0 Å². The molecule has 0 unspecified atom stereocenters. The Morgan fingerprint density at radius 1 is 0.214 bits per heavy atom. The molecule has 0 saturated carbocycles. The van der Waals surface area contributed by atoms with Crippen LogP contribution in [0.1, 0.15) is 140 Å². The van der Waals surface area contributed by atoms with E-state index in [4.69, 9.17) is 0 Å². The summed E-state index contributed by atoms with van der Waals surface area (Å²) in [4.78, 5) is 26.9. The molecule has 6 heterocycles. The van der Waals surface area contributed by atoms with Gasteiger partial charge in [-0.1, -0.05) is 289 Å². The van der Waals surface area contributed by atoms with E-state index in [0.717, 1.165) is 67.5 Å². The van der Waals surface area contributed by atoms with Crippen molar-refractivity contribution in [2.75, 3.05) is 0 Å². The van der Waals surface area contributed by atoms with Gasteiger partial charge in [-0.2, -0.15) is 0 Å². The maximum absolute atomic E-state index is 4.62. The van der Waals surface area contributed by atoms with E-state index >= 15 is 0 Å². The van der Waals surface area contributed by atoms with Crippen LogP contribution in [0.4, 0.5) is 0 Å². The summed E-state index contributed by atoms with van der Waals surface area (Å²) in [7, 11) is 0. The molecule has 0 atom stereocenters. The first-order valence-corrected chi connectivity index (χ1v) is 41.7. The van der Waals surface area contributed by atoms with E-state index in [1.54, 1.807) is 6.20 Å². The zero-order valence-corrected chi connectivity index (χ0v) is 85.8. The van der Waals surface area contributed by atoms with Gasteiger partial charge in [0.15, 0.2) is 0 Å². The second kappa shape index (κ2) is 50.8. The molecule has 0 aliphatic rings. The van der Waals surface area contributed by atoms with Gasteiger partial charge in [-0.05, 0) is 156 Å². The van der Waals surface area contributed by atoms with E-state index in [9.17, 15) is 0 Å². The van der Waals surface area contributed by atoms with Crippen LogP contribution in [0.3, 0.4) is 0 Å². The molecular formula is C115H106Ir5N6-6. The molecule has 17 rings (SSSR count). The van der Waals surface area contributed by atoms with Gasteiger partial charge in [0.25, 0.3) is 0 Å². The molecule has 17 aromatic rings. The number of aryl methyl sites for hydroxylation is 2. The van der Waals surface area contributed by atoms with E-state index in [1.165, 1.54) is 94.6 Å². The van der Waals surface area contributed by atoms with Crippen molar-refractivity contribution >= 4 is 0 Å². The second-order valence-electron chi connectivity index (χ2n) is 33.0. The molecule has 0 amide bonds. The fraction of sp³-hybridized carbons (Fsp3) is 0.165. The van der Waals surface area contributed by atoms with Gasteiger partial charge in [0.1, 0.15) is 0 Å². The van der Waals surface area contributed by atoms with Gasteiger partial charge in [0.2, 0.25) is 0 Å². The third kappa shape index (κ3) is 30.1. The topological polar surface area (TPSA) is 77.3 Å². The van der Waals surface area contributed by atoms with Crippen molar-refractivity contribution in [1.29, 1.82) is 0 Å². The molecule has 6 nitrogen and oxygen atoms in total. The van der Waals surface area contributed by atoms with Crippen molar-refractivity contribution in [1.82, 2.24) is 29.9 Å². The molecule has 0 N–H and O–H groups in total. The van der Waals surface area contributed by atoms with Crippen LogP contribution in [0, 0.1) is 50.2 Å². The number of rotatable bonds is 14. The SMILES string of the molecule is CC(C)(C)c1ccc(-c2[c-]ccc(-c3ccccc3)c2)nc1.CC(C)(C)c1ccnc(-c2[c-]ccc(-c3ccccc3)c2)c1.CC(C)c1cc(-c2cc[c-]c(-c3ccccn3)c2)cc(C(C)C)c1.CC(C)c1ccc(-c2[c-]ccc(-c3ccccc3)c2)nc1.Cc1cnc(-c2[c-]ccc(-c3ccccc3)c2)cc1C.[Ir].[Ir].[Ir].[Ir].[Ir].[c-]1ccccc1-c1ccccn1. The molecule has 0 bridgehead atoms. The zero-order chi connectivity index (χ0) is 85.1. The molecule has 5 radical (unpaired) electrons. The van der Waals surface area contributed by atoms with Crippen molar-refractivity contribution in [3.05, 3.63) is 446 Å². The van der Waals surface area contributed by atoms with Crippen molar-refractivity contribution in [3.63, 3.8) is 0 Å². The van der Waals surface area contributed by atoms with Crippen molar-refractivity contribution in [2.24, 2.45) is 0 Å². The summed E-state index contributed by atoms with van der Waals surface area (Å²) in [5.41, 5.74) is 33.4. The van der Waals surface area contributed by atoms with Crippen LogP contribution in [0.2, 0.25) is 0 Å². The van der Waals surface area contributed by atoms with Crippen LogP contribution in [-0.2, 0) is 111 Å². The summed E-state index contributed by atoms with van der Waals surface area (Å²) in [5.74, 6) is 1.55. The van der Waals surface area contributed by atoms with Crippen LogP contribution in [-0.4, -0.2) is 29.9 Å². The van der Waals surface area contributed by atoms with E-state index in [-0.39, 0.29) is 111 Å². The largest absolute Gasteiger partial charge is 0.305 e. The summed E-state index contributed by atoms with van der Waals surface area (Å²) in [6.07, 6.45) is 11.4. The maximum Gasteiger partial charge on any atom is 0.0198 e. The van der Waals surface area contributed by atoms with Crippen molar-refractivity contribution < 1.29 is 101 Å². The van der Waals surface area contributed by atoms with E-state index in [1.807, 2.05) is 146 Å². The van der Waals surface area contributed by atoms with Crippen LogP contribution < -0.4 is 0 Å². The minimum Gasteiger partial charge on any atom is -0.305 e. The van der Waals surface area contributed by atoms with Crippen molar-refractivity contribution in [2.45, 2.75) is 126 Å². The predicted octanol–water partition coefficient (Wildman–Crippen LogP) is 30.2. The Hall–Kier alpha value is -10.4. The molecule has 0 fully saturated rings. The van der Waals surface area contributed by atoms with Gasteiger partial charge in [-0.25, -0.2) is 0 Å². The smallest absolute Gasteiger partial charge is 0.0198 e. The maximum atomic E-state index is 4.62. The first-order valence-electron chi connectivity index (χ1n) is 41.7. The molecule has 0 spiro atoms. The third-order valence-electron chi connectivity index (χ3n) is 20.9. The third-order valence-corrected chi connectivity index (χ3v) is 20.9. The quantitative estimate of drug-likeness (QED) is 0.101. The average Bonchev–Trinajstić information content (AvgIpc) is 0.755. The van der Waals surface area contributed by atoms with Gasteiger partial charge in [-0.3, -0.25) is 0 Å². The number of benzene rings is 11. The van der Waals surface area contributed by atoms with Gasteiger partial charge < -0.3 is 29.9 Å². The van der Waals surface area contributed by atoms with Gasteiger partial charge >= 0.3 is 0 Å². The van der Waals surface area contributed by atoms with Crippen LogP contribution in [0.25, 0.3) is 123 Å². The molecule has 126 heavy (non-hydrogen) atoms.